The summed E-state index contributed by atoms with van der Waals surface area (Å²) in [6, 6.07) is 24.5. The molecule has 0 aliphatic heterocycles. The maximum Gasteiger partial charge on any atom is 0.0886 e. The number of benzene rings is 3. The van der Waals surface area contributed by atoms with Gasteiger partial charge in [-0.05, 0) is 37.1 Å². The van der Waals surface area contributed by atoms with Crippen LogP contribution in [0, 0.1) is 13.8 Å². The van der Waals surface area contributed by atoms with Crippen LogP contribution in [0.5, 0.6) is 0 Å². The lowest BCUT2D eigenvalue weighted by atomic mass is 10.2. The average molecular weight is 312 g/mol. The SMILES string of the molecule is Cc1ccc(/C=N/c2ccccc2/N=C/c2ccc(C)cc2)cc1. The van der Waals surface area contributed by atoms with E-state index in [1.165, 1.54) is 11.1 Å². The van der Waals surface area contributed by atoms with Crippen molar-refractivity contribution in [3.05, 3.63) is 95.1 Å². The summed E-state index contributed by atoms with van der Waals surface area (Å²) in [6.07, 6.45) is 3.75. The van der Waals surface area contributed by atoms with Gasteiger partial charge >= 0.3 is 0 Å². The number of nitrogens with zero attached hydrogens (tertiary/aromatic N) is 2. The molecule has 0 aromatic heterocycles. The van der Waals surface area contributed by atoms with Crippen LogP contribution < -0.4 is 0 Å². The quantitative estimate of drug-likeness (QED) is 0.544. The topological polar surface area (TPSA) is 24.7 Å². The minimum atomic E-state index is 0.862. The number of hydrogen-bond acceptors (Lipinski definition) is 2. The van der Waals surface area contributed by atoms with E-state index in [0.717, 1.165) is 22.5 Å². The van der Waals surface area contributed by atoms with E-state index >= 15 is 0 Å². The molecule has 0 saturated heterocycles. The fourth-order valence-corrected chi connectivity index (χ4v) is 2.28. The summed E-state index contributed by atoms with van der Waals surface area (Å²) >= 11 is 0. The fraction of sp³-hybridized carbons (Fsp3) is 0.0909. The van der Waals surface area contributed by atoms with Crippen molar-refractivity contribution in [2.75, 3.05) is 0 Å². The molecule has 0 aliphatic rings. The third-order valence-electron chi connectivity index (χ3n) is 3.74. The highest BCUT2D eigenvalue weighted by Gasteiger charge is 1.97. The first-order valence-corrected chi connectivity index (χ1v) is 8.01. The molecule has 2 heteroatoms. The van der Waals surface area contributed by atoms with Crippen molar-refractivity contribution in [1.29, 1.82) is 0 Å². The Balaban J connectivity index is 1.82. The second-order valence-corrected chi connectivity index (χ2v) is 5.83. The molecular formula is C22H20N2. The number of hydrogen-bond donors (Lipinski definition) is 0. The summed E-state index contributed by atoms with van der Waals surface area (Å²) in [7, 11) is 0. The number of rotatable bonds is 4. The van der Waals surface area contributed by atoms with Gasteiger partial charge in [0.05, 0.1) is 11.4 Å². The Labute approximate surface area is 143 Å². The van der Waals surface area contributed by atoms with Crippen LogP contribution in [0.4, 0.5) is 11.4 Å². The molecule has 0 atom stereocenters. The van der Waals surface area contributed by atoms with Gasteiger partial charge in [0.1, 0.15) is 0 Å². The molecule has 0 fully saturated rings. The van der Waals surface area contributed by atoms with Crippen molar-refractivity contribution in [2.24, 2.45) is 9.98 Å². The van der Waals surface area contributed by atoms with E-state index in [4.69, 9.17) is 0 Å². The molecule has 118 valence electrons. The fourth-order valence-electron chi connectivity index (χ4n) is 2.28. The van der Waals surface area contributed by atoms with Gasteiger partial charge in [-0.2, -0.15) is 0 Å². The molecule has 0 aliphatic carbocycles. The Kier molecular flexibility index (Phi) is 4.97. The van der Waals surface area contributed by atoms with Crippen LogP contribution >= 0.6 is 0 Å². The molecule has 3 aromatic carbocycles. The van der Waals surface area contributed by atoms with E-state index in [-0.39, 0.29) is 0 Å². The summed E-state index contributed by atoms with van der Waals surface area (Å²) in [5.74, 6) is 0. The standard InChI is InChI=1S/C22H20N2/c1-17-7-11-19(12-8-17)15-23-21-5-3-4-6-22(21)24-16-20-13-9-18(2)10-14-20/h3-16H,1-2H3/b23-15+,24-16+. The van der Waals surface area contributed by atoms with Gasteiger partial charge in [-0.1, -0.05) is 71.8 Å². The van der Waals surface area contributed by atoms with Crippen molar-refractivity contribution in [3.8, 4) is 0 Å². The predicted octanol–water partition coefficient (Wildman–Crippen LogP) is 5.80. The number of aryl methyl sites for hydroxylation is 2. The Morgan fingerprint density at radius 2 is 0.917 bits per heavy atom. The molecule has 0 heterocycles. The Bertz CT molecular complexity index is 783. The number of aliphatic imine (C=N–C) groups is 2. The normalized spacial score (nSPS) is 11.4. The summed E-state index contributed by atoms with van der Waals surface area (Å²) < 4.78 is 0. The van der Waals surface area contributed by atoms with E-state index in [1.54, 1.807) is 0 Å². The molecule has 0 spiro atoms. The van der Waals surface area contributed by atoms with Crippen molar-refractivity contribution >= 4 is 23.8 Å². The van der Waals surface area contributed by atoms with Gasteiger partial charge in [-0.25, -0.2) is 0 Å². The van der Waals surface area contributed by atoms with Gasteiger partial charge in [0, 0.05) is 12.4 Å². The zero-order valence-corrected chi connectivity index (χ0v) is 14.0. The molecule has 2 nitrogen and oxygen atoms in total. The lowest BCUT2D eigenvalue weighted by molar-refractivity contribution is 1.43. The van der Waals surface area contributed by atoms with Crippen LogP contribution in [-0.4, -0.2) is 12.4 Å². The van der Waals surface area contributed by atoms with Gasteiger partial charge in [-0.3, -0.25) is 9.98 Å². The summed E-state index contributed by atoms with van der Waals surface area (Å²) in [5, 5.41) is 0. The highest BCUT2D eigenvalue weighted by molar-refractivity contribution is 5.86. The van der Waals surface area contributed by atoms with Crippen molar-refractivity contribution < 1.29 is 0 Å². The first-order chi connectivity index (χ1) is 11.7. The third kappa shape index (κ3) is 4.26. The van der Waals surface area contributed by atoms with E-state index < -0.39 is 0 Å². The summed E-state index contributed by atoms with van der Waals surface area (Å²) in [5.41, 5.74) is 6.38. The van der Waals surface area contributed by atoms with Crippen molar-refractivity contribution in [2.45, 2.75) is 13.8 Å². The maximum absolute atomic E-state index is 4.59. The molecule has 3 aromatic rings. The van der Waals surface area contributed by atoms with E-state index in [0.29, 0.717) is 0 Å². The predicted molar refractivity (Wildman–Crippen MR) is 103 cm³/mol. The van der Waals surface area contributed by atoms with Crippen molar-refractivity contribution in [1.82, 2.24) is 0 Å². The Morgan fingerprint density at radius 1 is 0.542 bits per heavy atom. The van der Waals surface area contributed by atoms with E-state index in [1.807, 2.05) is 36.7 Å². The lowest BCUT2D eigenvalue weighted by Gasteiger charge is -2.00. The van der Waals surface area contributed by atoms with Crippen LogP contribution in [0.2, 0.25) is 0 Å². The molecule has 0 unspecified atom stereocenters. The van der Waals surface area contributed by atoms with E-state index in [9.17, 15) is 0 Å². The average Bonchev–Trinajstić information content (AvgIpc) is 2.61. The second kappa shape index (κ2) is 7.51. The molecule has 0 saturated carbocycles. The smallest absolute Gasteiger partial charge is 0.0886 e. The van der Waals surface area contributed by atoms with Gasteiger partial charge in [0.15, 0.2) is 0 Å². The molecular weight excluding hydrogens is 292 g/mol. The summed E-state index contributed by atoms with van der Waals surface area (Å²) in [6.45, 7) is 4.16. The van der Waals surface area contributed by atoms with Crippen LogP contribution in [0.25, 0.3) is 0 Å². The zero-order chi connectivity index (χ0) is 16.8. The first-order valence-electron chi connectivity index (χ1n) is 8.01. The molecule has 0 radical (unpaired) electrons. The maximum atomic E-state index is 4.59. The van der Waals surface area contributed by atoms with Crippen LogP contribution in [0.15, 0.2) is 82.8 Å². The van der Waals surface area contributed by atoms with Crippen molar-refractivity contribution in [3.63, 3.8) is 0 Å². The second-order valence-electron chi connectivity index (χ2n) is 5.83. The largest absolute Gasteiger partial charge is 0.254 e. The van der Waals surface area contributed by atoms with Crippen LogP contribution in [-0.2, 0) is 0 Å². The van der Waals surface area contributed by atoms with Gasteiger partial charge < -0.3 is 0 Å². The Morgan fingerprint density at radius 3 is 1.29 bits per heavy atom. The van der Waals surface area contributed by atoms with Gasteiger partial charge in [-0.15, -0.1) is 0 Å². The van der Waals surface area contributed by atoms with E-state index in [2.05, 4.69) is 72.4 Å². The minimum absolute atomic E-state index is 0.862. The highest BCUT2D eigenvalue weighted by atomic mass is 14.8. The Hall–Kier alpha value is -3.00. The molecule has 24 heavy (non-hydrogen) atoms. The molecule has 0 bridgehead atoms. The lowest BCUT2D eigenvalue weighted by Crippen LogP contribution is -1.82. The monoisotopic (exact) mass is 312 g/mol. The van der Waals surface area contributed by atoms with Crippen LogP contribution in [0.3, 0.4) is 0 Å². The molecule has 0 amide bonds. The van der Waals surface area contributed by atoms with Gasteiger partial charge in [0.2, 0.25) is 0 Å². The summed E-state index contributed by atoms with van der Waals surface area (Å²) in [4.78, 5) is 9.19. The first kappa shape index (κ1) is 15.9. The zero-order valence-electron chi connectivity index (χ0n) is 14.0. The van der Waals surface area contributed by atoms with Gasteiger partial charge in [0.25, 0.3) is 0 Å². The van der Waals surface area contributed by atoms with Crippen LogP contribution in [0.1, 0.15) is 22.3 Å². The molecule has 0 N–H and O–H groups in total. The third-order valence-corrected chi connectivity index (χ3v) is 3.74. The minimum Gasteiger partial charge on any atom is -0.254 e. The molecule has 3 rings (SSSR count). The highest BCUT2D eigenvalue weighted by Crippen LogP contribution is 2.27. The number of para-hydroxylation sites is 2.